The summed E-state index contributed by atoms with van der Waals surface area (Å²) in [7, 11) is -3.57. The molecule has 0 atom stereocenters. The monoisotopic (exact) mass is 475 g/mol. The van der Waals surface area contributed by atoms with E-state index in [1.165, 1.54) is 22.7 Å². The van der Waals surface area contributed by atoms with Gasteiger partial charge in [0.05, 0.1) is 24.7 Å². The number of halogens is 2. The third kappa shape index (κ3) is 6.30. The van der Waals surface area contributed by atoms with Gasteiger partial charge in [-0.1, -0.05) is 53.5 Å². The van der Waals surface area contributed by atoms with E-state index in [4.69, 9.17) is 23.2 Å². The van der Waals surface area contributed by atoms with E-state index in [9.17, 15) is 13.2 Å². The molecule has 0 heterocycles. The number of rotatable bonds is 7. The second kappa shape index (κ2) is 9.96. The third-order valence-corrected chi connectivity index (χ3v) is 6.10. The quantitative estimate of drug-likeness (QED) is 0.396. The Morgan fingerprint density at radius 2 is 1.65 bits per heavy atom. The first-order chi connectivity index (χ1) is 14.7. The molecule has 31 heavy (non-hydrogen) atoms. The molecule has 160 valence electrons. The predicted octanol–water partition coefficient (Wildman–Crippen LogP) is 4.72. The lowest BCUT2D eigenvalue weighted by Crippen LogP contribution is -2.29. The maximum Gasteiger partial charge on any atom is 0.271 e. The number of sulfonamides is 1. The number of hydrogen-bond donors (Lipinski definition) is 1. The van der Waals surface area contributed by atoms with Gasteiger partial charge in [0.15, 0.2) is 0 Å². The van der Waals surface area contributed by atoms with Crippen LogP contribution in [-0.4, -0.2) is 26.8 Å². The Morgan fingerprint density at radius 3 is 2.26 bits per heavy atom. The average Bonchev–Trinajstić information content (AvgIpc) is 2.74. The van der Waals surface area contributed by atoms with Crippen LogP contribution in [0, 0.1) is 0 Å². The molecule has 0 radical (unpaired) electrons. The van der Waals surface area contributed by atoms with Crippen LogP contribution in [0.4, 0.5) is 5.69 Å². The normalized spacial score (nSPS) is 11.5. The van der Waals surface area contributed by atoms with E-state index in [-0.39, 0.29) is 6.54 Å². The van der Waals surface area contributed by atoms with Gasteiger partial charge in [-0.25, -0.2) is 13.8 Å². The van der Waals surface area contributed by atoms with Crippen LogP contribution < -0.4 is 9.73 Å². The molecule has 1 N–H and O–H groups in total. The Morgan fingerprint density at radius 1 is 1.00 bits per heavy atom. The molecule has 0 aliphatic carbocycles. The summed E-state index contributed by atoms with van der Waals surface area (Å²) < 4.78 is 25.9. The van der Waals surface area contributed by atoms with Crippen molar-refractivity contribution < 1.29 is 13.2 Å². The molecule has 0 spiro atoms. The van der Waals surface area contributed by atoms with E-state index in [1.807, 2.05) is 0 Å². The highest BCUT2D eigenvalue weighted by Crippen LogP contribution is 2.24. The van der Waals surface area contributed by atoms with Gasteiger partial charge in [-0.15, -0.1) is 0 Å². The van der Waals surface area contributed by atoms with E-state index >= 15 is 0 Å². The van der Waals surface area contributed by atoms with Crippen molar-refractivity contribution in [2.45, 2.75) is 6.54 Å². The lowest BCUT2D eigenvalue weighted by molar-refractivity contribution is 0.0955. The Hall–Kier alpha value is -2.87. The van der Waals surface area contributed by atoms with Crippen molar-refractivity contribution in [1.82, 2.24) is 5.43 Å². The van der Waals surface area contributed by atoms with E-state index < -0.39 is 15.9 Å². The number of carbonyl (C=O) groups excluding carboxylic acids is 1. The number of hydrogen-bond acceptors (Lipinski definition) is 4. The van der Waals surface area contributed by atoms with Gasteiger partial charge in [0.25, 0.3) is 5.91 Å². The molecular formula is C22H19Cl2N3O3S. The van der Waals surface area contributed by atoms with Gasteiger partial charge in [0, 0.05) is 15.6 Å². The van der Waals surface area contributed by atoms with Crippen LogP contribution in [0.25, 0.3) is 0 Å². The third-order valence-electron chi connectivity index (χ3n) is 4.34. The predicted molar refractivity (Wildman–Crippen MR) is 125 cm³/mol. The minimum atomic E-state index is -3.57. The minimum absolute atomic E-state index is 0.0788. The van der Waals surface area contributed by atoms with Crippen LogP contribution in [0.15, 0.2) is 77.9 Å². The van der Waals surface area contributed by atoms with Gasteiger partial charge in [0.2, 0.25) is 10.0 Å². The van der Waals surface area contributed by atoms with Crippen LogP contribution in [-0.2, 0) is 16.6 Å². The van der Waals surface area contributed by atoms with E-state index in [0.29, 0.717) is 26.9 Å². The zero-order chi connectivity index (χ0) is 22.4. The highest BCUT2D eigenvalue weighted by atomic mass is 35.5. The maximum absolute atomic E-state index is 12.3. The van der Waals surface area contributed by atoms with Crippen molar-refractivity contribution in [1.29, 1.82) is 0 Å². The van der Waals surface area contributed by atoms with Crippen LogP contribution in [0.2, 0.25) is 10.0 Å². The van der Waals surface area contributed by atoms with Gasteiger partial charge in [-0.05, 0) is 53.6 Å². The summed E-state index contributed by atoms with van der Waals surface area (Å²) in [5.41, 5.74) is 4.65. The van der Waals surface area contributed by atoms with Gasteiger partial charge in [0.1, 0.15) is 0 Å². The van der Waals surface area contributed by atoms with Crippen molar-refractivity contribution in [3.05, 3.63) is 99.5 Å². The first kappa shape index (κ1) is 22.8. The molecule has 0 fully saturated rings. The molecule has 0 saturated heterocycles. The lowest BCUT2D eigenvalue weighted by atomic mass is 10.2. The van der Waals surface area contributed by atoms with Gasteiger partial charge in [-0.2, -0.15) is 5.10 Å². The summed E-state index contributed by atoms with van der Waals surface area (Å²) in [4.78, 5) is 12.3. The van der Waals surface area contributed by atoms with Gasteiger partial charge < -0.3 is 0 Å². The van der Waals surface area contributed by atoms with Crippen molar-refractivity contribution >= 4 is 51.0 Å². The largest absolute Gasteiger partial charge is 0.271 e. The molecular weight excluding hydrogens is 457 g/mol. The van der Waals surface area contributed by atoms with Crippen LogP contribution in [0.1, 0.15) is 21.5 Å². The number of hydrazone groups is 1. The molecule has 0 unspecified atom stereocenters. The fraction of sp³-hybridized carbons (Fsp3) is 0.0909. The first-order valence-electron chi connectivity index (χ1n) is 9.14. The summed E-state index contributed by atoms with van der Waals surface area (Å²) in [6, 6.07) is 20.2. The van der Waals surface area contributed by atoms with E-state index in [1.54, 1.807) is 60.7 Å². The minimum Gasteiger partial charge on any atom is -0.267 e. The SMILES string of the molecule is CS(=O)(=O)N(Cc1ccccc1Cl)c1ccc(C(=O)N/N=C\c2ccc(Cl)cc2)cc1. The summed E-state index contributed by atoms with van der Waals surface area (Å²) in [6.07, 6.45) is 2.62. The van der Waals surface area contributed by atoms with E-state index in [0.717, 1.165) is 11.8 Å². The lowest BCUT2D eigenvalue weighted by Gasteiger charge is -2.23. The summed E-state index contributed by atoms with van der Waals surface area (Å²) in [5, 5.41) is 5.01. The number of carbonyl (C=O) groups is 1. The maximum atomic E-state index is 12.3. The smallest absolute Gasteiger partial charge is 0.267 e. The molecule has 0 saturated carbocycles. The van der Waals surface area contributed by atoms with Crippen molar-refractivity contribution in [2.24, 2.45) is 5.10 Å². The summed E-state index contributed by atoms with van der Waals surface area (Å²) in [5.74, 6) is -0.422. The van der Waals surface area contributed by atoms with Crippen molar-refractivity contribution in [3.63, 3.8) is 0 Å². The summed E-state index contributed by atoms with van der Waals surface area (Å²) in [6.45, 7) is 0.0788. The second-order valence-corrected chi connectivity index (χ2v) is 9.41. The molecule has 3 rings (SSSR count). The molecule has 6 nitrogen and oxygen atoms in total. The molecule has 0 aromatic heterocycles. The van der Waals surface area contributed by atoms with E-state index in [2.05, 4.69) is 10.5 Å². The Kier molecular flexibility index (Phi) is 7.33. The fourth-order valence-corrected chi connectivity index (χ4v) is 3.94. The molecule has 0 aliphatic rings. The van der Waals surface area contributed by atoms with Crippen LogP contribution >= 0.6 is 23.2 Å². The van der Waals surface area contributed by atoms with Gasteiger partial charge >= 0.3 is 0 Å². The number of amides is 1. The molecule has 3 aromatic rings. The molecule has 3 aromatic carbocycles. The first-order valence-corrected chi connectivity index (χ1v) is 11.7. The molecule has 0 aliphatic heterocycles. The number of nitrogens with zero attached hydrogens (tertiary/aromatic N) is 2. The van der Waals surface area contributed by atoms with Crippen molar-refractivity contribution in [2.75, 3.05) is 10.6 Å². The highest BCUT2D eigenvalue weighted by molar-refractivity contribution is 7.92. The highest BCUT2D eigenvalue weighted by Gasteiger charge is 2.19. The zero-order valence-electron chi connectivity index (χ0n) is 16.5. The Bertz CT molecular complexity index is 1200. The average molecular weight is 476 g/mol. The molecule has 9 heteroatoms. The number of nitrogens with one attached hydrogen (secondary N) is 1. The van der Waals surface area contributed by atoms with Crippen LogP contribution in [0.5, 0.6) is 0 Å². The van der Waals surface area contributed by atoms with Crippen LogP contribution in [0.3, 0.4) is 0 Å². The fourth-order valence-electron chi connectivity index (χ4n) is 2.74. The van der Waals surface area contributed by atoms with Gasteiger partial charge in [-0.3, -0.25) is 9.10 Å². The Labute approximate surface area is 191 Å². The number of anilines is 1. The Balaban J connectivity index is 1.72. The second-order valence-electron chi connectivity index (χ2n) is 6.66. The zero-order valence-corrected chi connectivity index (χ0v) is 18.8. The van der Waals surface area contributed by atoms with Crippen molar-refractivity contribution in [3.8, 4) is 0 Å². The molecule has 0 bridgehead atoms. The number of benzene rings is 3. The molecule has 1 amide bonds. The topological polar surface area (TPSA) is 78.8 Å². The standard InChI is InChI=1S/C22H19Cl2N3O3S/c1-31(29,30)27(15-18-4-2-3-5-21(18)24)20-12-8-17(9-13-20)22(28)26-25-14-16-6-10-19(23)11-7-16/h2-14H,15H2,1H3,(H,26,28)/b25-14-. The summed E-state index contributed by atoms with van der Waals surface area (Å²) >= 11 is 12.0.